The van der Waals surface area contributed by atoms with Gasteiger partial charge in [-0.05, 0) is 42.4 Å². The topological polar surface area (TPSA) is 70.0 Å². The SMILES string of the molecule is CCC1(CNS(=O)(=O)c2ccc(CC#N)cc2)CC1. The van der Waals surface area contributed by atoms with Crippen molar-refractivity contribution in [3.63, 3.8) is 0 Å². The van der Waals surface area contributed by atoms with Gasteiger partial charge in [-0.2, -0.15) is 5.26 Å². The molecule has 2 rings (SSSR count). The van der Waals surface area contributed by atoms with Gasteiger partial charge < -0.3 is 0 Å². The second kappa shape index (κ2) is 5.32. The van der Waals surface area contributed by atoms with Crippen molar-refractivity contribution < 1.29 is 8.42 Å². The molecule has 1 aliphatic rings. The van der Waals surface area contributed by atoms with Gasteiger partial charge in [0.05, 0.1) is 17.4 Å². The molecule has 1 saturated carbocycles. The van der Waals surface area contributed by atoms with Gasteiger partial charge in [0.1, 0.15) is 0 Å². The number of nitrogens with one attached hydrogen (secondary N) is 1. The zero-order valence-electron chi connectivity index (χ0n) is 11.0. The van der Waals surface area contributed by atoms with E-state index in [4.69, 9.17) is 5.26 Å². The lowest BCUT2D eigenvalue weighted by Gasteiger charge is -2.13. The molecule has 0 amide bonds. The van der Waals surface area contributed by atoms with E-state index in [1.807, 2.05) is 6.07 Å². The van der Waals surface area contributed by atoms with E-state index in [1.54, 1.807) is 24.3 Å². The Balaban J connectivity index is 2.05. The lowest BCUT2D eigenvalue weighted by Crippen LogP contribution is -2.30. The molecule has 0 spiro atoms. The van der Waals surface area contributed by atoms with Crippen LogP contribution in [-0.2, 0) is 16.4 Å². The van der Waals surface area contributed by atoms with Crippen LogP contribution in [0.4, 0.5) is 0 Å². The van der Waals surface area contributed by atoms with Crippen molar-refractivity contribution in [3.8, 4) is 6.07 Å². The summed E-state index contributed by atoms with van der Waals surface area (Å²) < 4.78 is 26.9. The number of benzene rings is 1. The van der Waals surface area contributed by atoms with Crippen LogP contribution in [0.2, 0.25) is 0 Å². The minimum absolute atomic E-state index is 0.188. The normalized spacial score (nSPS) is 16.8. The third-order valence-corrected chi connectivity index (χ3v) is 5.28. The molecule has 19 heavy (non-hydrogen) atoms. The molecular weight excluding hydrogens is 260 g/mol. The molecule has 0 bridgehead atoms. The first-order chi connectivity index (χ1) is 9.01. The summed E-state index contributed by atoms with van der Waals surface area (Å²) in [4.78, 5) is 0.265. The molecule has 1 aromatic rings. The van der Waals surface area contributed by atoms with E-state index in [0.717, 1.165) is 24.8 Å². The molecule has 0 unspecified atom stereocenters. The zero-order chi connectivity index (χ0) is 13.9. The number of hydrogen-bond donors (Lipinski definition) is 1. The van der Waals surface area contributed by atoms with Crippen molar-refractivity contribution in [1.29, 1.82) is 5.26 Å². The third kappa shape index (κ3) is 3.34. The molecule has 0 atom stereocenters. The summed E-state index contributed by atoms with van der Waals surface area (Å²) in [5.74, 6) is 0. The Morgan fingerprint density at radius 2 is 1.95 bits per heavy atom. The summed E-state index contributed by atoms with van der Waals surface area (Å²) in [5, 5.41) is 8.58. The molecule has 102 valence electrons. The largest absolute Gasteiger partial charge is 0.240 e. The zero-order valence-corrected chi connectivity index (χ0v) is 11.8. The average Bonchev–Trinajstić information content (AvgIpc) is 3.18. The molecule has 4 nitrogen and oxygen atoms in total. The van der Waals surface area contributed by atoms with Crippen LogP contribution < -0.4 is 4.72 Å². The summed E-state index contributed by atoms with van der Waals surface area (Å²) in [5.41, 5.74) is 1.02. The lowest BCUT2D eigenvalue weighted by atomic mass is 10.1. The average molecular weight is 278 g/mol. The summed E-state index contributed by atoms with van der Waals surface area (Å²) >= 11 is 0. The fourth-order valence-corrected chi connectivity index (χ4v) is 3.20. The lowest BCUT2D eigenvalue weighted by molar-refractivity contribution is 0.475. The fourth-order valence-electron chi connectivity index (χ4n) is 2.04. The molecule has 0 heterocycles. The van der Waals surface area contributed by atoms with Gasteiger partial charge in [-0.1, -0.05) is 19.1 Å². The standard InChI is InChI=1S/C14H18N2O2S/c1-2-14(8-9-14)11-16-19(17,18)13-5-3-12(4-6-13)7-10-15/h3-6,16H,2,7-9,11H2,1H3. The van der Waals surface area contributed by atoms with Gasteiger partial charge in [-0.15, -0.1) is 0 Å². The highest BCUT2D eigenvalue weighted by molar-refractivity contribution is 7.89. The second-order valence-electron chi connectivity index (χ2n) is 5.16. The van der Waals surface area contributed by atoms with Crippen LogP contribution in [0.15, 0.2) is 29.2 Å². The molecule has 1 fully saturated rings. The Hall–Kier alpha value is -1.38. The van der Waals surface area contributed by atoms with Crippen LogP contribution in [0, 0.1) is 16.7 Å². The number of nitrogens with zero attached hydrogens (tertiary/aromatic N) is 1. The maximum atomic E-state index is 12.1. The fraction of sp³-hybridized carbons (Fsp3) is 0.500. The van der Waals surface area contributed by atoms with E-state index >= 15 is 0 Å². The van der Waals surface area contributed by atoms with Crippen LogP contribution >= 0.6 is 0 Å². The second-order valence-corrected chi connectivity index (χ2v) is 6.92. The van der Waals surface area contributed by atoms with E-state index in [1.165, 1.54) is 0 Å². The van der Waals surface area contributed by atoms with Gasteiger partial charge in [0.15, 0.2) is 0 Å². The van der Waals surface area contributed by atoms with Crippen molar-refractivity contribution in [1.82, 2.24) is 4.72 Å². The van der Waals surface area contributed by atoms with Crippen molar-refractivity contribution in [2.24, 2.45) is 5.41 Å². The highest BCUT2D eigenvalue weighted by atomic mass is 32.2. The van der Waals surface area contributed by atoms with Gasteiger partial charge in [-0.25, -0.2) is 13.1 Å². The Morgan fingerprint density at radius 3 is 2.42 bits per heavy atom. The van der Waals surface area contributed by atoms with E-state index < -0.39 is 10.0 Å². The first-order valence-electron chi connectivity index (χ1n) is 6.47. The number of hydrogen-bond acceptors (Lipinski definition) is 3. The van der Waals surface area contributed by atoms with Gasteiger partial charge in [0.25, 0.3) is 0 Å². The van der Waals surface area contributed by atoms with Gasteiger partial charge in [-0.3, -0.25) is 0 Å². The van der Waals surface area contributed by atoms with Crippen molar-refractivity contribution in [2.75, 3.05) is 6.54 Å². The molecule has 0 aliphatic heterocycles. The molecular formula is C14H18N2O2S. The van der Waals surface area contributed by atoms with E-state index in [9.17, 15) is 8.42 Å². The number of nitriles is 1. The number of sulfonamides is 1. The molecule has 1 aromatic carbocycles. The smallest absolute Gasteiger partial charge is 0.211 e. The Kier molecular flexibility index (Phi) is 3.93. The van der Waals surface area contributed by atoms with Gasteiger partial charge in [0.2, 0.25) is 10.0 Å². The highest BCUT2D eigenvalue weighted by Gasteiger charge is 2.41. The minimum Gasteiger partial charge on any atom is -0.211 e. The van der Waals surface area contributed by atoms with E-state index in [2.05, 4.69) is 11.6 Å². The summed E-state index contributed by atoms with van der Waals surface area (Å²) in [6.07, 6.45) is 3.52. The predicted octanol–water partition coefficient (Wildman–Crippen LogP) is 2.22. The molecule has 5 heteroatoms. The quantitative estimate of drug-likeness (QED) is 0.867. The first-order valence-corrected chi connectivity index (χ1v) is 7.95. The Bertz CT molecular complexity index is 581. The maximum Gasteiger partial charge on any atom is 0.240 e. The predicted molar refractivity (Wildman–Crippen MR) is 72.9 cm³/mol. The monoisotopic (exact) mass is 278 g/mol. The summed E-state index contributed by atoms with van der Waals surface area (Å²) in [6.45, 7) is 2.61. The molecule has 1 aliphatic carbocycles. The van der Waals surface area contributed by atoms with Gasteiger partial charge >= 0.3 is 0 Å². The first kappa shape index (κ1) is 14.0. The molecule has 1 N–H and O–H groups in total. The molecule has 0 radical (unpaired) electrons. The summed E-state index contributed by atoms with van der Waals surface area (Å²) in [7, 11) is -3.43. The van der Waals surface area contributed by atoms with Gasteiger partial charge in [0, 0.05) is 6.54 Å². The highest BCUT2D eigenvalue weighted by Crippen LogP contribution is 2.48. The van der Waals surface area contributed by atoms with E-state index in [-0.39, 0.29) is 10.3 Å². The maximum absolute atomic E-state index is 12.1. The van der Waals surface area contributed by atoms with Crippen LogP contribution in [0.1, 0.15) is 31.7 Å². The van der Waals surface area contributed by atoms with Crippen LogP contribution in [0.3, 0.4) is 0 Å². The minimum atomic E-state index is -3.43. The number of rotatable bonds is 6. The Morgan fingerprint density at radius 1 is 1.32 bits per heavy atom. The molecule has 0 saturated heterocycles. The Labute approximate surface area is 114 Å². The van der Waals surface area contributed by atoms with E-state index in [0.29, 0.717) is 13.0 Å². The van der Waals surface area contributed by atoms with Crippen molar-refractivity contribution in [2.45, 2.75) is 37.5 Å². The van der Waals surface area contributed by atoms with Crippen LogP contribution in [0.5, 0.6) is 0 Å². The van der Waals surface area contributed by atoms with Crippen molar-refractivity contribution in [3.05, 3.63) is 29.8 Å². The van der Waals surface area contributed by atoms with Crippen LogP contribution in [0.25, 0.3) is 0 Å². The van der Waals surface area contributed by atoms with Crippen molar-refractivity contribution >= 4 is 10.0 Å². The third-order valence-electron chi connectivity index (χ3n) is 3.86. The molecule has 0 aromatic heterocycles. The van der Waals surface area contributed by atoms with Crippen LogP contribution in [-0.4, -0.2) is 15.0 Å². The summed E-state index contributed by atoms with van der Waals surface area (Å²) in [6, 6.07) is 8.52.